The summed E-state index contributed by atoms with van der Waals surface area (Å²) in [4.78, 5) is 2.46. The molecule has 4 nitrogen and oxygen atoms in total. The van der Waals surface area contributed by atoms with E-state index in [1.54, 1.807) is 0 Å². The lowest BCUT2D eigenvalue weighted by atomic mass is 9.98. The fraction of sp³-hybridized carbons (Fsp3) is 0.471. The Kier molecular flexibility index (Phi) is 4.52. The molecule has 2 heterocycles. The maximum Gasteiger partial charge on any atom is 0.151 e. The van der Waals surface area contributed by atoms with Crippen LogP contribution in [0.5, 0.6) is 0 Å². The van der Waals surface area contributed by atoms with Gasteiger partial charge in [0, 0.05) is 30.8 Å². The summed E-state index contributed by atoms with van der Waals surface area (Å²) in [6.45, 7) is 3.10. The third kappa shape index (κ3) is 2.91. The highest BCUT2D eigenvalue weighted by molar-refractivity contribution is 5.85. The summed E-state index contributed by atoms with van der Waals surface area (Å²) in [7, 11) is 0. The molecule has 2 aliphatic rings. The molecular weight excluding hydrogens is 298 g/mol. The zero-order valence-corrected chi connectivity index (χ0v) is 13.3. The maximum absolute atomic E-state index is 6.19. The first-order valence-electron chi connectivity index (χ1n) is 7.78. The summed E-state index contributed by atoms with van der Waals surface area (Å²) in [6, 6.07) is 12.6. The third-order valence-electron chi connectivity index (χ3n) is 5.00. The minimum Gasteiger partial charge on any atom is -0.359 e. The van der Waals surface area contributed by atoms with Crippen LogP contribution in [0, 0.1) is 11.8 Å². The highest BCUT2D eigenvalue weighted by Crippen LogP contribution is 2.37. The van der Waals surface area contributed by atoms with E-state index >= 15 is 0 Å². The Labute approximate surface area is 137 Å². The Morgan fingerprint density at radius 2 is 2.00 bits per heavy atom. The number of rotatable bonds is 3. The number of likely N-dealkylation sites (tertiary alicyclic amines) is 1. The average Bonchev–Trinajstić information content (AvgIpc) is 3.19. The molecule has 1 aliphatic heterocycles. The molecule has 4 rings (SSSR count). The Morgan fingerprint density at radius 1 is 1.18 bits per heavy atom. The van der Waals surface area contributed by atoms with Gasteiger partial charge in [0.15, 0.2) is 5.76 Å². The van der Waals surface area contributed by atoms with Gasteiger partial charge in [0.25, 0.3) is 0 Å². The van der Waals surface area contributed by atoms with Crippen LogP contribution in [-0.2, 0) is 6.54 Å². The summed E-state index contributed by atoms with van der Waals surface area (Å²) in [5.41, 5.74) is 8.22. The standard InChI is InChI=1S/C17H21N3O.ClH/c18-16-7-6-13-9-20(11-15(13)16)10-14-8-17(19-21-14)12-4-2-1-3-5-12;/h1-5,8,13,15-16H,6-7,9-11,18H2;1H. The Hall–Kier alpha value is -1.36. The van der Waals surface area contributed by atoms with E-state index in [9.17, 15) is 0 Å². The van der Waals surface area contributed by atoms with Gasteiger partial charge in [-0.15, -0.1) is 12.4 Å². The van der Waals surface area contributed by atoms with Crippen molar-refractivity contribution in [1.82, 2.24) is 10.1 Å². The summed E-state index contributed by atoms with van der Waals surface area (Å²) in [5, 5.41) is 4.19. The predicted octanol–water partition coefficient (Wildman–Crippen LogP) is 2.93. The van der Waals surface area contributed by atoms with E-state index in [-0.39, 0.29) is 12.4 Å². The summed E-state index contributed by atoms with van der Waals surface area (Å²) >= 11 is 0. The van der Waals surface area contributed by atoms with E-state index in [1.165, 1.54) is 12.8 Å². The summed E-state index contributed by atoms with van der Waals surface area (Å²) in [5.74, 6) is 2.42. The van der Waals surface area contributed by atoms with Crippen molar-refractivity contribution in [3.8, 4) is 11.3 Å². The average molecular weight is 320 g/mol. The van der Waals surface area contributed by atoms with E-state index in [4.69, 9.17) is 10.3 Å². The Balaban J connectivity index is 0.00000144. The molecule has 22 heavy (non-hydrogen) atoms. The van der Waals surface area contributed by atoms with Gasteiger partial charge < -0.3 is 10.3 Å². The van der Waals surface area contributed by atoms with Crippen molar-refractivity contribution in [2.24, 2.45) is 17.6 Å². The van der Waals surface area contributed by atoms with Crippen molar-refractivity contribution in [2.45, 2.75) is 25.4 Å². The second-order valence-electron chi connectivity index (χ2n) is 6.40. The smallest absolute Gasteiger partial charge is 0.151 e. The van der Waals surface area contributed by atoms with Crippen LogP contribution in [0.25, 0.3) is 11.3 Å². The number of fused-ring (bicyclic) bond motifs is 1. The number of benzene rings is 1. The van der Waals surface area contributed by atoms with Crippen LogP contribution >= 0.6 is 12.4 Å². The largest absolute Gasteiger partial charge is 0.359 e. The monoisotopic (exact) mass is 319 g/mol. The van der Waals surface area contributed by atoms with Crippen LogP contribution in [0.3, 0.4) is 0 Å². The number of nitrogens with two attached hydrogens (primary N) is 1. The quantitative estimate of drug-likeness (QED) is 0.945. The molecule has 2 fully saturated rings. The molecule has 0 radical (unpaired) electrons. The van der Waals surface area contributed by atoms with Gasteiger partial charge in [-0.2, -0.15) is 0 Å². The summed E-state index contributed by atoms with van der Waals surface area (Å²) in [6.07, 6.45) is 2.48. The van der Waals surface area contributed by atoms with Gasteiger partial charge in [0.1, 0.15) is 5.69 Å². The first-order valence-corrected chi connectivity index (χ1v) is 7.78. The zero-order chi connectivity index (χ0) is 14.2. The normalized spacial score (nSPS) is 27.6. The SMILES string of the molecule is Cl.NC1CCC2CN(Cc3cc(-c4ccccc4)no3)CC12. The molecule has 1 saturated carbocycles. The molecule has 1 aliphatic carbocycles. The Bertz CT molecular complexity index is 615. The molecular formula is C17H22ClN3O. The number of aromatic nitrogens is 1. The first kappa shape index (κ1) is 15.5. The van der Waals surface area contributed by atoms with E-state index in [0.29, 0.717) is 12.0 Å². The third-order valence-corrected chi connectivity index (χ3v) is 5.00. The Morgan fingerprint density at radius 3 is 2.77 bits per heavy atom. The fourth-order valence-electron chi connectivity index (χ4n) is 3.88. The maximum atomic E-state index is 6.19. The topological polar surface area (TPSA) is 55.3 Å². The van der Waals surface area contributed by atoms with Crippen molar-refractivity contribution < 1.29 is 4.52 Å². The molecule has 0 bridgehead atoms. The van der Waals surface area contributed by atoms with Crippen LogP contribution in [0.1, 0.15) is 18.6 Å². The zero-order valence-electron chi connectivity index (χ0n) is 12.5. The van der Waals surface area contributed by atoms with Gasteiger partial charge in [-0.3, -0.25) is 4.90 Å². The van der Waals surface area contributed by atoms with Gasteiger partial charge >= 0.3 is 0 Å². The first-order chi connectivity index (χ1) is 10.3. The number of halogens is 1. The van der Waals surface area contributed by atoms with E-state index in [2.05, 4.69) is 28.3 Å². The summed E-state index contributed by atoms with van der Waals surface area (Å²) < 4.78 is 5.51. The molecule has 1 aromatic heterocycles. The lowest BCUT2D eigenvalue weighted by Crippen LogP contribution is -2.30. The van der Waals surface area contributed by atoms with Crippen LogP contribution in [0.2, 0.25) is 0 Å². The lowest BCUT2D eigenvalue weighted by molar-refractivity contribution is 0.255. The van der Waals surface area contributed by atoms with E-state index in [0.717, 1.165) is 42.6 Å². The van der Waals surface area contributed by atoms with Gasteiger partial charge in [-0.05, 0) is 24.7 Å². The van der Waals surface area contributed by atoms with Crippen molar-refractivity contribution in [1.29, 1.82) is 0 Å². The number of hydrogen-bond donors (Lipinski definition) is 1. The minimum atomic E-state index is 0. The molecule has 1 saturated heterocycles. The minimum absolute atomic E-state index is 0. The van der Waals surface area contributed by atoms with E-state index in [1.807, 2.05) is 18.2 Å². The highest BCUT2D eigenvalue weighted by atomic mass is 35.5. The molecule has 2 aromatic rings. The van der Waals surface area contributed by atoms with Gasteiger partial charge in [0.05, 0.1) is 6.54 Å². The van der Waals surface area contributed by atoms with Crippen molar-refractivity contribution in [3.05, 3.63) is 42.2 Å². The van der Waals surface area contributed by atoms with Crippen molar-refractivity contribution >= 4 is 12.4 Å². The molecule has 3 atom stereocenters. The molecule has 118 valence electrons. The molecule has 0 amide bonds. The molecule has 2 N–H and O–H groups in total. The van der Waals surface area contributed by atoms with Crippen LogP contribution in [0.4, 0.5) is 0 Å². The van der Waals surface area contributed by atoms with Gasteiger partial charge in [0.2, 0.25) is 0 Å². The second kappa shape index (κ2) is 6.41. The van der Waals surface area contributed by atoms with Gasteiger partial charge in [-0.1, -0.05) is 35.5 Å². The van der Waals surface area contributed by atoms with Crippen LogP contribution in [-0.4, -0.2) is 29.2 Å². The number of hydrogen-bond acceptors (Lipinski definition) is 4. The van der Waals surface area contributed by atoms with E-state index < -0.39 is 0 Å². The van der Waals surface area contributed by atoms with Crippen LogP contribution < -0.4 is 5.73 Å². The lowest BCUT2D eigenvalue weighted by Gasteiger charge is -2.16. The molecule has 3 unspecified atom stereocenters. The number of nitrogens with zero attached hydrogens (tertiary/aromatic N) is 2. The van der Waals surface area contributed by atoms with Crippen molar-refractivity contribution in [3.63, 3.8) is 0 Å². The fourth-order valence-corrected chi connectivity index (χ4v) is 3.88. The molecule has 0 spiro atoms. The highest BCUT2D eigenvalue weighted by Gasteiger charge is 2.40. The van der Waals surface area contributed by atoms with Gasteiger partial charge in [-0.25, -0.2) is 0 Å². The molecule has 5 heteroatoms. The van der Waals surface area contributed by atoms with Crippen LogP contribution in [0.15, 0.2) is 40.9 Å². The second-order valence-corrected chi connectivity index (χ2v) is 6.40. The molecule has 1 aromatic carbocycles. The van der Waals surface area contributed by atoms with Crippen molar-refractivity contribution in [2.75, 3.05) is 13.1 Å². The predicted molar refractivity (Wildman–Crippen MR) is 88.7 cm³/mol.